The summed E-state index contributed by atoms with van der Waals surface area (Å²) in [6.07, 6.45) is 6.82. The first-order chi connectivity index (χ1) is 9.39. The van der Waals surface area contributed by atoms with Gasteiger partial charge >= 0.3 is 0 Å². The molecule has 0 amide bonds. The van der Waals surface area contributed by atoms with Gasteiger partial charge in [0.25, 0.3) is 0 Å². The molecule has 112 valence electrons. The van der Waals surface area contributed by atoms with Gasteiger partial charge in [0.05, 0.1) is 0 Å². The van der Waals surface area contributed by atoms with Gasteiger partial charge in [-0.2, -0.15) is 0 Å². The zero-order valence-electron chi connectivity index (χ0n) is 13.1. The second-order valence-corrected chi connectivity index (χ2v) is 7.04. The Bertz CT molecular complexity index is 455. The second-order valence-electron chi connectivity index (χ2n) is 7.04. The van der Waals surface area contributed by atoms with Crippen molar-refractivity contribution in [2.24, 2.45) is 17.6 Å². The molecule has 2 rings (SSSR count). The number of hydrogen-bond donors (Lipinski definition) is 1. The Hall–Kier alpha value is -0.890. The molecule has 0 saturated heterocycles. The Morgan fingerprint density at radius 2 is 2.05 bits per heavy atom. The van der Waals surface area contributed by atoms with Crippen molar-refractivity contribution in [3.05, 3.63) is 35.1 Å². The summed E-state index contributed by atoms with van der Waals surface area (Å²) in [7, 11) is 0. The lowest BCUT2D eigenvalue weighted by Gasteiger charge is -2.29. The molecule has 1 aliphatic rings. The molecule has 2 atom stereocenters. The normalized spacial score (nSPS) is 27.6. The minimum Gasteiger partial charge on any atom is -0.325 e. The van der Waals surface area contributed by atoms with Crippen molar-refractivity contribution in [1.29, 1.82) is 0 Å². The number of rotatable bonds is 3. The van der Waals surface area contributed by atoms with E-state index in [1.165, 1.54) is 24.8 Å². The van der Waals surface area contributed by atoms with Crippen LogP contribution in [0.2, 0.25) is 0 Å². The molecule has 1 aromatic rings. The van der Waals surface area contributed by atoms with Crippen molar-refractivity contribution in [3.63, 3.8) is 0 Å². The molecule has 1 fully saturated rings. The third-order valence-electron chi connectivity index (χ3n) is 5.05. The monoisotopic (exact) mass is 277 g/mol. The summed E-state index contributed by atoms with van der Waals surface area (Å²) in [5.74, 6) is 1.41. The summed E-state index contributed by atoms with van der Waals surface area (Å²) in [6, 6.07) is 5.08. The summed E-state index contributed by atoms with van der Waals surface area (Å²) >= 11 is 0. The van der Waals surface area contributed by atoms with E-state index in [1.807, 2.05) is 13.0 Å². The average Bonchev–Trinajstić information content (AvgIpc) is 2.55. The summed E-state index contributed by atoms with van der Waals surface area (Å²) in [5.41, 5.74) is 8.79. The van der Waals surface area contributed by atoms with Crippen LogP contribution in [0.25, 0.3) is 0 Å². The fourth-order valence-corrected chi connectivity index (χ4v) is 3.54. The quantitative estimate of drug-likeness (QED) is 0.802. The van der Waals surface area contributed by atoms with Crippen LogP contribution < -0.4 is 5.73 Å². The summed E-state index contributed by atoms with van der Waals surface area (Å²) in [6.45, 7) is 6.62. The highest BCUT2D eigenvalue weighted by atomic mass is 19.1. The smallest absolute Gasteiger partial charge is 0.123 e. The molecule has 2 unspecified atom stereocenters. The number of hydrogen-bond acceptors (Lipinski definition) is 1. The van der Waals surface area contributed by atoms with Gasteiger partial charge in [0.1, 0.15) is 5.82 Å². The fourth-order valence-electron chi connectivity index (χ4n) is 3.54. The molecule has 0 spiro atoms. The van der Waals surface area contributed by atoms with Gasteiger partial charge in [0, 0.05) is 5.54 Å². The van der Waals surface area contributed by atoms with E-state index in [0.29, 0.717) is 0 Å². The predicted octanol–water partition coefficient (Wildman–Crippen LogP) is 4.61. The molecule has 2 N–H and O–H groups in total. The van der Waals surface area contributed by atoms with Crippen LogP contribution >= 0.6 is 0 Å². The lowest BCUT2D eigenvalue weighted by Crippen LogP contribution is -2.41. The Morgan fingerprint density at radius 3 is 2.70 bits per heavy atom. The molecule has 20 heavy (non-hydrogen) atoms. The van der Waals surface area contributed by atoms with Crippen LogP contribution in [0, 0.1) is 24.6 Å². The molecular formula is C18H28FN. The van der Waals surface area contributed by atoms with Crippen molar-refractivity contribution in [3.8, 4) is 0 Å². The lowest BCUT2D eigenvalue weighted by molar-refractivity contribution is 0.321. The Labute approximate surface area is 122 Å². The minimum atomic E-state index is -0.155. The molecule has 1 aliphatic carbocycles. The number of aryl methyl sites for hydroxylation is 1. The molecule has 2 heteroatoms. The summed E-state index contributed by atoms with van der Waals surface area (Å²) in [5, 5.41) is 0. The Morgan fingerprint density at radius 1 is 1.30 bits per heavy atom. The Balaban J connectivity index is 2.07. The van der Waals surface area contributed by atoms with Crippen LogP contribution in [0.3, 0.4) is 0 Å². The first kappa shape index (κ1) is 15.5. The molecule has 1 aromatic carbocycles. The van der Waals surface area contributed by atoms with Gasteiger partial charge < -0.3 is 5.73 Å². The van der Waals surface area contributed by atoms with Crippen LogP contribution in [-0.2, 0) is 6.42 Å². The third kappa shape index (κ3) is 3.82. The van der Waals surface area contributed by atoms with Gasteiger partial charge in [0.2, 0.25) is 0 Å². The largest absolute Gasteiger partial charge is 0.325 e. The van der Waals surface area contributed by atoms with Gasteiger partial charge in [-0.15, -0.1) is 0 Å². The molecule has 0 aromatic heterocycles. The minimum absolute atomic E-state index is 0.105. The fraction of sp³-hybridized carbons (Fsp3) is 0.667. The molecule has 0 heterocycles. The number of nitrogens with two attached hydrogens (primary N) is 1. The van der Waals surface area contributed by atoms with Crippen molar-refractivity contribution >= 4 is 0 Å². The standard InChI is InChI=1S/C18H28FN/c1-13(2)15-5-4-9-18(20,10-8-15)12-16-6-7-17(19)11-14(16)3/h6-7,11,13,15H,4-5,8-10,12,20H2,1-3H3. The van der Waals surface area contributed by atoms with Gasteiger partial charge in [-0.1, -0.05) is 32.8 Å². The molecule has 0 aliphatic heterocycles. The lowest BCUT2D eigenvalue weighted by atomic mass is 9.82. The molecular weight excluding hydrogens is 249 g/mol. The number of benzene rings is 1. The summed E-state index contributed by atoms with van der Waals surface area (Å²) < 4.78 is 13.2. The molecule has 1 nitrogen and oxygen atoms in total. The highest BCUT2D eigenvalue weighted by Crippen LogP contribution is 2.34. The van der Waals surface area contributed by atoms with Gasteiger partial charge in [-0.3, -0.25) is 0 Å². The molecule has 0 radical (unpaired) electrons. The molecule has 1 saturated carbocycles. The maximum absolute atomic E-state index is 13.2. The van der Waals surface area contributed by atoms with Gasteiger partial charge in [0.15, 0.2) is 0 Å². The van der Waals surface area contributed by atoms with E-state index < -0.39 is 0 Å². The zero-order valence-corrected chi connectivity index (χ0v) is 13.1. The van der Waals surface area contributed by atoms with E-state index >= 15 is 0 Å². The zero-order chi connectivity index (χ0) is 14.8. The van der Waals surface area contributed by atoms with Crippen LogP contribution in [0.15, 0.2) is 18.2 Å². The topological polar surface area (TPSA) is 26.0 Å². The first-order valence-electron chi connectivity index (χ1n) is 7.93. The molecule has 0 bridgehead atoms. The van der Waals surface area contributed by atoms with E-state index in [9.17, 15) is 4.39 Å². The second kappa shape index (κ2) is 6.26. The maximum atomic E-state index is 13.2. The van der Waals surface area contributed by atoms with Crippen LogP contribution in [0.5, 0.6) is 0 Å². The van der Waals surface area contributed by atoms with E-state index in [2.05, 4.69) is 13.8 Å². The van der Waals surface area contributed by atoms with E-state index in [0.717, 1.165) is 36.7 Å². The van der Waals surface area contributed by atoms with Crippen molar-refractivity contribution in [1.82, 2.24) is 0 Å². The van der Waals surface area contributed by atoms with Crippen LogP contribution in [0.1, 0.15) is 57.1 Å². The van der Waals surface area contributed by atoms with Crippen LogP contribution in [-0.4, -0.2) is 5.54 Å². The highest BCUT2D eigenvalue weighted by Gasteiger charge is 2.30. The van der Waals surface area contributed by atoms with Crippen molar-refractivity contribution in [2.45, 2.75) is 64.8 Å². The number of halogens is 1. The maximum Gasteiger partial charge on any atom is 0.123 e. The summed E-state index contributed by atoms with van der Waals surface area (Å²) in [4.78, 5) is 0. The van der Waals surface area contributed by atoms with E-state index in [4.69, 9.17) is 5.73 Å². The average molecular weight is 277 g/mol. The van der Waals surface area contributed by atoms with Gasteiger partial charge in [-0.05, 0) is 67.7 Å². The SMILES string of the molecule is Cc1cc(F)ccc1CC1(N)CCCC(C(C)C)CC1. The van der Waals surface area contributed by atoms with Crippen molar-refractivity contribution in [2.75, 3.05) is 0 Å². The Kier molecular flexibility index (Phi) is 4.85. The highest BCUT2D eigenvalue weighted by molar-refractivity contribution is 5.28. The first-order valence-corrected chi connectivity index (χ1v) is 7.93. The van der Waals surface area contributed by atoms with Crippen LogP contribution in [0.4, 0.5) is 4.39 Å². The van der Waals surface area contributed by atoms with Gasteiger partial charge in [-0.25, -0.2) is 4.39 Å². The van der Waals surface area contributed by atoms with E-state index in [-0.39, 0.29) is 11.4 Å². The van der Waals surface area contributed by atoms with Crippen molar-refractivity contribution < 1.29 is 4.39 Å². The predicted molar refractivity (Wildman–Crippen MR) is 83.2 cm³/mol. The third-order valence-corrected chi connectivity index (χ3v) is 5.05. The van der Waals surface area contributed by atoms with E-state index in [1.54, 1.807) is 12.1 Å².